The van der Waals surface area contributed by atoms with Crippen LogP contribution in [0.4, 0.5) is 5.82 Å². The van der Waals surface area contributed by atoms with E-state index >= 15 is 0 Å². The Balaban J connectivity index is 1.73. The summed E-state index contributed by atoms with van der Waals surface area (Å²) in [6, 6.07) is 11.5. The maximum Gasteiger partial charge on any atom is 0.318 e. The number of carbonyl (C=O) groups is 1. The van der Waals surface area contributed by atoms with Crippen molar-refractivity contribution in [2.24, 2.45) is 5.90 Å². The van der Waals surface area contributed by atoms with Gasteiger partial charge in [-0.15, -0.1) is 0 Å². The second-order valence-electron chi connectivity index (χ2n) is 9.82. The Hall–Kier alpha value is -4.38. The number of allylic oxidation sites excluding steroid dienone is 2. The lowest BCUT2D eigenvalue weighted by atomic mass is 10.0. The van der Waals surface area contributed by atoms with Crippen molar-refractivity contribution in [1.82, 2.24) is 19.6 Å². The molecule has 0 atom stereocenters. The molecule has 6 bridgehead atoms. The van der Waals surface area contributed by atoms with Gasteiger partial charge in [0.05, 0.1) is 43.2 Å². The zero-order valence-electron chi connectivity index (χ0n) is 24.8. The second kappa shape index (κ2) is 15.6. The fraction of sp³-hybridized carbons (Fsp3) is 0.300. The molecule has 15 heteroatoms. The first-order valence-electron chi connectivity index (χ1n) is 13.9. The molecule has 6 N–H and O–H groups in total. The summed E-state index contributed by atoms with van der Waals surface area (Å²) in [6.45, 7) is 4.72. The number of fused-ring (bicyclic) bond motifs is 13. The summed E-state index contributed by atoms with van der Waals surface area (Å²) >= 11 is 0. The molecule has 3 heterocycles. The highest BCUT2D eigenvalue weighted by Gasteiger charge is 2.26. The molecule has 0 spiro atoms. The smallest absolute Gasteiger partial charge is 0.318 e. The molecule has 0 saturated carbocycles. The highest BCUT2D eigenvalue weighted by atomic mass is 32.2. The Morgan fingerprint density at radius 1 is 1.09 bits per heavy atom. The zero-order valence-corrected chi connectivity index (χ0v) is 25.6. The molecular formula is C30H36N6O8S. The van der Waals surface area contributed by atoms with E-state index in [4.69, 9.17) is 30.7 Å². The van der Waals surface area contributed by atoms with E-state index < -0.39 is 22.5 Å². The standard InChI is InChI=1S/C30H36N6O8S/c1-20-15-27(44-32)29-30(31)34-18-25(35-29)21-5-7-24(8-6-21)45(39,40)36(19-28(37)38)9-10-41-11-12-42-13-14-43-26-16-22(20)3-4-23(26)17-33-2/h3-8,15-16,18,33H,1,9-14,17,19,32H2,2H3,(H2,31,34)(H,37,38)/b27-15-. The number of nitrogens with zero attached hydrogens (tertiary/aromatic N) is 3. The lowest BCUT2D eigenvalue weighted by Crippen LogP contribution is -2.38. The van der Waals surface area contributed by atoms with Crippen molar-refractivity contribution in [3.05, 3.63) is 78.1 Å². The van der Waals surface area contributed by atoms with Crippen LogP contribution in [0.1, 0.15) is 16.8 Å². The molecule has 2 aromatic carbocycles. The number of anilines is 1. The van der Waals surface area contributed by atoms with E-state index in [1.165, 1.54) is 30.5 Å². The van der Waals surface area contributed by atoms with E-state index in [-0.39, 0.29) is 61.7 Å². The fourth-order valence-corrected chi connectivity index (χ4v) is 5.80. The third-order valence-corrected chi connectivity index (χ3v) is 8.57. The van der Waals surface area contributed by atoms with Gasteiger partial charge < -0.3 is 35.2 Å². The molecule has 240 valence electrons. The Labute approximate surface area is 261 Å². The minimum absolute atomic E-state index is 0.0304. The number of nitrogens with two attached hydrogens (primary N) is 2. The van der Waals surface area contributed by atoms with Crippen LogP contribution in [-0.2, 0) is 35.7 Å². The van der Waals surface area contributed by atoms with Gasteiger partial charge in [-0.2, -0.15) is 10.2 Å². The van der Waals surface area contributed by atoms with Crippen LogP contribution in [-0.4, -0.2) is 86.9 Å². The fourth-order valence-electron chi connectivity index (χ4n) is 4.42. The van der Waals surface area contributed by atoms with Gasteiger partial charge in [0.15, 0.2) is 17.3 Å². The van der Waals surface area contributed by atoms with Gasteiger partial charge in [-0.05, 0) is 42.5 Å². The highest BCUT2D eigenvalue weighted by molar-refractivity contribution is 7.89. The summed E-state index contributed by atoms with van der Waals surface area (Å²) in [5.41, 5.74) is 9.36. The summed E-state index contributed by atoms with van der Waals surface area (Å²) in [6.07, 6.45) is 3.01. The van der Waals surface area contributed by atoms with Crippen LogP contribution >= 0.6 is 0 Å². The molecule has 0 aliphatic carbocycles. The minimum Gasteiger partial charge on any atom is -0.491 e. The number of aliphatic carboxylic acids is 1. The molecule has 0 amide bonds. The molecule has 5 rings (SSSR count). The van der Waals surface area contributed by atoms with Gasteiger partial charge >= 0.3 is 5.97 Å². The summed E-state index contributed by atoms with van der Waals surface area (Å²) in [7, 11) is -2.33. The zero-order chi connectivity index (χ0) is 32.4. The van der Waals surface area contributed by atoms with Crippen molar-refractivity contribution in [2.45, 2.75) is 11.4 Å². The Morgan fingerprint density at radius 3 is 2.47 bits per heavy atom. The van der Waals surface area contributed by atoms with Crippen molar-refractivity contribution in [2.75, 3.05) is 58.9 Å². The Morgan fingerprint density at radius 2 is 1.78 bits per heavy atom. The lowest BCUT2D eigenvalue weighted by Gasteiger charge is -2.20. The topological polar surface area (TPSA) is 201 Å². The number of sulfonamides is 1. The van der Waals surface area contributed by atoms with Crippen LogP contribution in [0, 0.1) is 0 Å². The molecule has 2 aliphatic heterocycles. The van der Waals surface area contributed by atoms with Gasteiger partial charge in [0.2, 0.25) is 10.0 Å². The van der Waals surface area contributed by atoms with Gasteiger partial charge in [0, 0.05) is 24.2 Å². The molecule has 1 aromatic heterocycles. The predicted molar refractivity (Wildman–Crippen MR) is 167 cm³/mol. The normalized spacial score (nSPS) is 17.8. The number of nitrogens with one attached hydrogen (secondary N) is 1. The number of benzene rings is 2. The quantitative estimate of drug-likeness (QED) is 0.233. The summed E-state index contributed by atoms with van der Waals surface area (Å²) in [5, 5.41) is 12.5. The molecule has 3 aromatic rings. The first-order chi connectivity index (χ1) is 21.6. The SMILES string of the molecule is C=C1/C=C(\ON)c2nc(cnc2N)-c2ccc(cc2)S(=O)(=O)N(CC(=O)O)CCOCCOCCOc2cc1ccc2CNC. The van der Waals surface area contributed by atoms with E-state index in [9.17, 15) is 18.3 Å². The molecule has 0 fully saturated rings. The average molecular weight is 641 g/mol. The van der Waals surface area contributed by atoms with Crippen molar-refractivity contribution >= 4 is 33.1 Å². The Bertz CT molecular complexity index is 1650. The number of aromatic nitrogens is 2. The molecule has 45 heavy (non-hydrogen) atoms. The number of nitrogen functional groups attached to an aromatic ring is 1. The van der Waals surface area contributed by atoms with Crippen molar-refractivity contribution in [1.29, 1.82) is 0 Å². The number of ether oxygens (including phenoxy) is 3. The predicted octanol–water partition coefficient (Wildman–Crippen LogP) is 1.89. The minimum atomic E-state index is -4.16. The van der Waals surface area contributed by atoms with Crippen LogP contribution in [0.25, 0.3) is 22.6 Å². The molecule has 0 radical (unpaired) electrons. The second-order valence-corrected chi connectivity index (χ2v) is 11.8. The molecule has 0 saturated heterocycles. The molecule has 0 unspecified atom stereocenters. The van der Waals surface area contributed by atoms with Crippen LogP contribution < -0.4 is 21.7 Å². The summed E-state index contributed by atoms with van der Waals surface area (Å²) in [4.78, 5) is 25.3. The van der Waals surface area contributed by atoms with Crippen molar-refractivity contribution < 1.29 is 37.4 Å². The Kier molecular flexibility index (Phi) is 11.6. The number of rotatable bonds is 5. The monoisotopic (exact) mass is 640 g/mol. The lowest BCUT2D eigenvalue weighted by molar-refractivity contribution is -0.137. The van der Waals surface area contributed by atoms with Crippen LogP contribution in [0.5, 0.6) is 5.75 Å². The maximum absolute atomic E-state index is 13.3. The van der Waals surface area contributed by atoms with Gasteiger partial charge in [-0.1, -0.05) is 30.8 Å². The largest absolute Gasteiger partial charge is 0.491 e. The maximum atomic E-state index is 13.3. The van der Waals surface area contributed by atoms with Crippen molar-refractivity contribution in [3.63, 3.8) is 0 Å². The van der Waals surface area contributed by atoms with Crippen molar-refractivity contribution in [3.8, 4) is 17.0 Å². The first-order valence-corrected chi connectivity index (χ1v) is 15.4. The van der Waals surface area contributed by atoms with Crippen LogP contribution in [0.3, 0.4) is 0 Å². The van der Waals surface area contributed by atoms with E-state index in [1.54, 1.807) is 6.08 Å². The summed E-state index contributed by atoms with van der Waals surface area (Å²) < 4.78 is 44.6. The molecule has 2 aliphatic rings. The van der Waals surface area contributed by atoms with Gasteiger partial charge in [-0.3, -0.25) is 4.79 Å². The number of carboxylic acid groups (broad SMARTS) is 1. The average Bonchev–Trinajstić information content (AvgIpc) is 3.02. The van der Waals surface area contributed by atoms with E-state index in [0.717, 1.165) is 15.4 Å². The van der Waals surface area contributed by atoms with Crippen LogP contribution in [0.15, 0.2) is 66.2 Å². The van der Waals surface area contributed by atoms with E-state index in [0.29, 0.717) is 29.1 Å². The third-order valence-electron chi connectivity index (χ3n) is 6.71. The van der Waals surface area contributed by atoms with Gasteiger partial charge in [0.25, 0.3) is 0 Å². The van der Waals surface area contributed by atoms with E-state index in [1.807, 2.05) is 25.2 Å². The highest BCUT2D eigenvalue weighted by Crippen LogP contribution is 2.29. The third kappa shape index (κ3) is 8.63. The van der Waals surface area contributed by atoms with E-state index in [2.05, 4.69) is 21.9 Å². The number of carboxylic acids is 1. The van der Waals surface area contributed by atoms with Gasteiger partial charge in [0.1, 0.15) is 18.9 Å². The molecular weight excluding hydrogens is 604 g/mol. The summed E-state index contributed by atoms with van der Waals surface area (Å²) in [5.74, 6) is 5.11. The first kappa shape index (κ1) is 33.5. The number of hydrogen-bond acceptors (Lipinski definition) is 12. The molecule has 14 nitrogen and oxygen atoms in total. The van der Waals surface area contributed by atoms with Crippen LogP contribution in [0.2, 0.25) is 0 Å². The number of hydrogen-bond donors (Lipinski definition) is 4. The van der Waals surface area contributed by atoms with Gasteiger partial charge in [-0.25, -0.2) is 18.4 Å².